The highest BCUT2D eigenvalue weighted by Crippen LogP contribution is 2.28. The number of nitrogens with zero attached hydrogens (tertiary/aromatic N) is 1. The lowest BCUT2D eigenvalue weighted by Gasteiger charge is -2.27. The van der Waals surface area contributed by atoms with Gasteiger partial charge in [-0.3, -0.25) is 29.4 Å². The number of rotatable bonds is 5. The van der Waals surface area contributed by atoms with Gasteiger partial charge in [0.15, 0.2) is 0 Å². The SMILES string of the molecule is O=C1CCC(N2C(=O)c3ccc(CNC[C@H]4CCCN4)cc3C2=O)C(=O)N1. The molecule has 3 heterocycles. The fourth-order valence-electron chi connectivity index (χ4n) is 3.95. The molecule has 0 aliphatic carbocycles. The average molecular weight is 370 g/mol. The Hall–Kier alpha value is -2.58. The summed E-state index contributed by atoms with van der Waals surface area (Å²) in [6.45, 7) is 2.51. The zero-order valence-corrected chi connectivity index (χ0v) is 14.9. The number of fused-ring (bicyclic) bond motifs is 1. The van der Waals surface area contributed by atoms with Crippen LogP contribution in [0, 0.1) is 0 Å². The van der Waals surface area contributed by atoms with Crippen LogP contribution >= 0.6 is 0 Å². The molecule has 2 saturated heterocycles. The number of imide groups is 2. The van der Waals surface area contributed by atoms with E-state index < -0.39 is 23.8 Å². The summed E-state index contributed by atoms with van der Waals surface area (Å²) in [5.41, 5.74) is 1.55. The highest BCUT2D eigenvalue weighted by Gasteiger charge is 2.44. The standard InChI is InChI=1S/C19H22N4O4/c24-16-6-5-15(17(25)22-16)23-18(26)13-4-3-11(8-14(13)19(23)27)9-20-10-12-2-1-7-21-12/h3-4,8,12,15,20-21H,1-2,5-7,9-10H2,(H,22,24,25)/t12-,15?/m1/s1. The van der Waals surface area contributed by atoms with Crippen LogP contribution in [0.25, 0.3) is 0 Å². The van der Waals surface area contributed by atoms with Crippen molar-refractivity contribution in [1.82, 2.24) is 20.9 Å². The monoisotopic (exact) mass is 370 g/mol. The van der Waals surface area contributed by atoms with E-state index in [0.717, 1.165) is 30.0 Å². The second kappa shape index (κ2) is 7.21. The lowest BCUT2D eigenvalue weighted by molar-refractivity contribution is -0.136. The Morgan fingerprint density at radius 2 is 1.89 bits per heavy atom. The van der Waals surface area contributed by atoms with E-state index in [0.29, 0.717) is 23.7 Å². The van der Waals surface area contributed by atoms with E-state index in [1.54, 1.807) is 12.1 Å². The van der Waals surface area contributed by atoms with Crippen LogP contribution in [0.5, 0.6) is 0 Å². The van der Waals surface area contributed by atoms with Crippen molar-refractivity contribution in [3.05, 3.63) is 34.9 Å². The summed E-state index contributed by atoms with van der Waals surface area (Å²) in [6.07, 6.45) is 2.64. The molecular weight excluding hydrogens is 348 g/mol. The number of nitrogens with one attached hydrogen (secondary N) is 3. The number of carbonyl (C=O) groups is 4. The maximum Gasteiger partial charge on any atom is 0.262 e. The van der Waals surface area contributed by atoms with Gasteiger partial charge in [-0.15, -0.1) is 0 Å². The third kappa shape index (κ3) is 3.38. The van der Waals surface area contributed by atoms with Crippen molar-refractivity contribution in [3.8, 4) is 0 Å². The molecule has 0 radical (unpaired) electrons. The zero-order valence-electron chi connectivity index (χ0n) is 14.9. The van der Waals surface area contributed by atoms with E-state index in [9.17, 15) is 19.2 Å². The Labute approximate surface area is 156 Å². The smallest absolute Gasteiger partial charge is 0.262 e. The van der Waals surface area contributed by atoms with Crippen LogP contribution in [0.3, 0.4) is 0 Å². The normalized spacial score (nSPS) is 25.1. The molecule has 0 saturated carbocycles. The molecule has 0 bridgehead atoms. The first-order valence-corrected chi connectivity index (χ1v) is 9.33. The fraction of sp³-hybridized carbons (Fsp3) is 0.474. The van der Waals surface area contributed by atoms with Gasteiger partial charge in [0, 0.05) is 25.6 Å². The quantitative estimate of drug-likeness (QED) is 0.627. The van der Waals surface area contributed by atoms with Gasteiger partial charge < -0.3 is 10.6 Å². The van der Waals surface area contributed by atoms with E-state index in [1.807, 2.05) is 6.07 Å². The molecule has 1 unspecified atom stereocenters. The number of hydrogen-bond donors (Lipinski definition) is 3. The fourth-order valence-corrected chi connectivity index (χ4v) is 3.95. The minimum Gasteiger partial charge on any atom is -0.313 e. The van der Waals surface area contributed by atoms with Crippen molar-refractivity contribution in [1.29, 1.82) is 0 Å². The van der Waals surface area contributed by atoms with Crippen molar-refractivity contribution < 1.29 is 19.2 Å². The number of amides is 4. The second-order valence-corrected chi connectivity index (χ2v) is 7.25. The van der Waals surface area contributed by atoms with Crippen molar-refractivity contribution >= 4 is 23.6 Å². The summed E-state index contributed by atoms with van der Waals surface area (Å²) in [6, 6.07) is 4.74. The number of carbonyl (C=O) groups excluding carboxylic acids is 4. The van der Waals surface area contributed by atoms with Crippen molar-refractivity contribution in [2.75, 3.05) is 13.1 Å². The van der Waals surface area contributed by atoms with E-state index in [-0.39, 0.29) is 18.7 Å². The first-order chi connectivity index (χ1) is 13.0. The Balaban J connectivity index is 1.46. The molecule has 27 heavy (non-hydrogen) atoms. The highest BCUT2D eigenvalue weighted by molar-refractivity contribution is 6.23. The summed E-state index contributed by atoms with van der Waals surface area (Å²) < 4.78 is 0. The molecule has 1 aromatic carbocycles. The predicted octanol–water partition coefficient (Wildman–Crippen LogP) is -0.0706. The summed E-state index contributed by atoms with van der Waals surface area (Å²) in [5.74, 6) is -1.91. The van der Waals surface area contributed by atoms with E-state index >= 15 is 0 Å². The number of benzene rings is 1. The molecule has 0 aromatic heterocycles. The van der Waals surface area contributed by atoms with Gasteiger partial charge in [-0.2, -0.15) is 0 Å². The van der Waals surface area contributed by atoms with Gasteiger partial charge in [0.05, 0.1) is 11.1 Å². The molecule has 0 spiro atoms. The molecule has 8 nitrogen and oxygen atoms in total. The van der Waals surface area contributed by atoms with Crippen molar-refractivity contribution in [2.24, 2.45) is 0 Å². The molecule has 1 aromatic rings. The molecular formula is C19H22N4O4. The Morgan fingerprint density at radius 1 is 1.07 bits per heavy atom. The maximum atomic E-state index is 12.8. The minimum absolute atomic E-state index is 0.119. The molecule has 142 valence electrons. The predicted molar refractivity (Wildman–Crippen MR) is 95.8 cm³/mol. The molecule has 4 rings (SSSR count). The van der Waals surface area contributed by atoms with Crippen molar-refractivity contribution in [2.45, 2.75) is 44.3 Å². The van der Waals surface area contributed by atoms with E-state index in [2.05, 4.69) is 16.0 Å². The van der Waals surface area contributed by atoms with E-state index in [1.165, 1.54) is 6.42 Å². The van der Waals surface area contributed by atoms with Crippen LogP contribution < -0.4 is 16.0 Å². The van der Waals surface area contributed by atoms with Gasteiger partial charge in [-0.05, 0) is 43.5 Å². The third-order valence-electron chi connectivity index (χ3n) is 5.39. The average Bonchev–Trinajstić information content (AvgIpc) is 3.24. The lowest BCUT2D eigenvalue weighted by Crippen LogP contribution is -2.54. The Kier molecular flexibility index (Phi) is 4.75. The molecule has 3 aliphatic rings. The lowest BCUT2D eigenvalue weighted by atomic mass is 10.0. The summed E-state index contributed by atoms with van der Waals surface area (Å²) in [5, 5.41) is 8.99. The highest BCUT2D eigenvalue weighted by atomic mass is 16.2. The number of piperidine rings is 1. The van der Waals surface area contributed by atoms with Gasteiger partial charge in [-0.25, -0.2) is 0 Å². The van der Waals surface area contributed by atoms with Gasteiger partial charge >= 0.3 is 0 Å². The molecule has 3 N–H and O–H groups in total. The minimum atomic E-state index is -0.926. The zero-order chi connectivity index (χ0) is 19.0. The first-order valence-electron chi connectivity index (χ1n) is 9.33. The van der Waals surface area contributed by atoms with Crippen molar-refractivity contribution in [3.63, 3.8) is 0 Å². The van der Waals surface area contributed by atoms with Crippen LogP contribution in [0.1, 0.15) is 52.0 Å². The largest absolute Gasteiger partial charge is 0.313 e. The number of hydrogen-bond acceptors (Lipinski definition) is 6. The molecule has 2 atom stereocenters. The third-order valence-corrected chi connectivity index (χ3v) is 5.39. The first kappa shape index (κ1) is 17.8. The maximum absolute atomic E-state index is 12.8. The molecule has 3 aliphatic heterocycles. The summed E-state index contributed by atoms with van der Waals surface area (Å²) in [7, 11) is 0. The molecule has 4 amide bonds. The van der Waals surface area contributed by atoms with Gasteiger partial charge in [0.25, 0.3) is 11.8 Å². The topological polar surface area (TPSA) is 108 Å². The van der Waals surface area contributed by atoms with Gasteiger partial charge in [-0.1, -0.05) is 6.07 Å². The summed E-state index contributed by atoms with van der Waals surface area (Å²) >= 11 is 0. The second-order valence-electron chi connectivity index (χ2n) is 7.25. The van der Waals surface area contributed by atoms with Crippen LogP contribution in [0.2, 0.25) is 0 Å². The molecule has 8 heteroatoms. The Morgan fingerprint density at radius 3 is 2.63 bits per heavy atom. The van der Waals surface area contributed by atoms with Crippen LogP contribution in [0.4, 0.5) is 0 Å². The van der Waals surface area contributed by atoms with Crippen LogP contribution in [0.15, 0.2) is 18.2 Å². The van der Waals surface area contributed by atoms with Gasteiger partial charge in [0.1, 0.15) is 6.04 Å². The van der Waals surface area contributed by atoms with Crippen LogP contribution in [-0.2, 0) is 16.1 Å². The summed E-state index contributed by atoms with van der Waals surface area (Å²) in [4.78, 5) is 49.8. The van der Waals surface area contributed by atoms with Gasteiger partial charge in [0.2, 0.25) is 11.8 Å². The Bertz CT molecular complexity index is 816. The molecule has 2 fully saturated rings. The van der Waals surface area contributed by atoms with E-state index in [4.69, 9.17) is 0 Å². The van der Waals surface area contributed by atoms with Crippen LogP contribution in [-0.4, -0.2) is 53.7 Å².